The molecule has 84 valence electrons. The SMILES string of the molecule is CCOc1ccc(NCCCSC)cn1. The van der Waals surface area contributed by atoms with Crippen molar-refractivity contribution < 1.29 is 4.74 Å². The predicted molar refractivity (Wildman–Crippen MR) is 66.9 cm³/mol. The van der Waals surface area contributed by atoms with E-state index in [9.17, 15) is 0 Å². The average Bonchev–Trinajstić information content (AvgIpc) is 2.27. The van der Waals surface area contributed by atoms with E-state index < -0.39 is 0 Å². The normalized spacial score (nSPS) is 10.0. The van der Waals surface area contributed by atoms with Crippen LogP contribution < -0.4 is 10.1 Å². The van der Waals surface area contributed by atoms with E-state index in [1.807, 2.05) is 37.0 Å². The van der Waals surface area contributed by atoms with Gasteiger partial charge in [0, 0.05) is 12.6 Å². The summed E-state index contributed by atoms with van der Waals surface area (Å²) in [7, 11) is 0. The van der Waals surface area contributed by atoms with Gasteiger partial charge in [0.25, 0.3) is 0 Å². The molecule has 0 aromatic carbocycles. The molecule has 1 aromatic heterocycles. The van der Waals surface area contributed by atoms with Crippen molar-refractivity contribution in [2.24, 2.45) is 0 Å². The molecule has 1 heterocycles. The molecule has 3 nitrogen and oxygen atoms in total. The summed E-state index contributed by atoms with van der Waals surface area (Å²) in [6, 6.07) is 3.89. The first-order valence-corrected chi connectivity index (χ1v) is 6.58. The molecule has 4 heteroatoms. The highest BCUT2D eigenvalue weighted by Crippen LogP contribution is 2.11. The fraction of sp³-hybridized carbons (Fsp3) is 0.545. The van der Waals surface area contributed by atoms with Gasteiger partial charge < -0.3 is 10.1 Å². The van der Waals surface area contributed by atoms with Gasteiger partial charge in [-0.15, -0.1) is 0 Å². The maximum atomic E-state index is 5.26. The van der Waals surface area contributed by atoms with Gasteiger partial charge in [-0.2, -0.15) is 11.8 Å². The van der Waals surface area contributed by atoms with Gasteiger partial charge >= 0.3 is 0 Å². The van der Waals surface area contributed by atoms with Crippen LogP contribution in [0, 0.1) is 0 Å². The number of hydrogen-bond donors (Lipinski definition) is 1. The summed E-state index contributed by atoms with van der Waals surface area (Å²) in [5, 5.41) is 3.32. The van der Waals surface area contributed by atoms with E-state index >= 15 is 0 Å². The Morgan fingerprint density at radius 2 is 2.33 bits per heavy atom. The van der Waals surface area contributed by atoms with E-state index in [1.165, 1.54) is 12.2 Å². The van der Waals surface area contributed by atoms with E-state index in [1.54, 1.807) is 0 Å². The maximum Gasteiger partial charge on any atom is 0.213 e. The quantitative estimate of drug-likeness (QED) is 0.725. The molecular weight excluding hydrogens is 208 g/mol. The van der Waals surface area contributed by atoms with E-state index in [0.717, 1.165) is 12.2 Å². The minimum Gasteiger partial charge on any atom is -0.478 e. The molecule has 0 atom stereocenters. The van der Waals surface area contributed by atoms with Gasteiger partial charge in [0.05, 0.1) is 18.5 Å². The summed E-state index contributed by atoms with van der Waals surface area (Å²) in [5.74, 6) is 1.88. The Morgan fingerprint density at radius 1 is 1.47 bits per heavy atom. The van der Waals surface area contributed by atoms with Crippen LogP contribution in [0.15, 0.2) is 18.3 Å². The zero-order valence-electron chi connectivity index (χ0n) is 9.32. The van der Waals surface area contributed by atoms with Crippen molar-refractivity contribution in [1.29, 1.82) is 0 Å². The van der Waals surface area contributed by atoms with Crippen molar-refractivity contribution in [3.63, 3.8) is 0 Å². The van der Waals surface area contributed by atoms with E-state index in [2.05, 4.69) is 16.6 Å². The summed E-state index contributed by atoms with van der Waals surface area (Å²) in [6.45, 7) is 3.61. The molecule has 0 saturated carbocycles. The van der Waals surface area contributed by atoms with Crippen molar-refractivity contribution in [2.75, 3.05) is 30.5 Å². The third kappa shape index (κ3) is 4.93. The smallest absolute Gasteiger partial charge is 0.213 e. The molecule has 0 amide bonds. The number of nitrogens with zero attached hydrogens (tertiary/aromatic N) is 1. The number of ether oxygens (including phenoxy) is 1. The predicted octanol–water partition coefficient (Wildman–Crippen LogP) is 2.65. The van der Waals surface area contributed by atoms with Gasteiger partial charge in [-0.3, -0.25) is 0 Å². The van der Waals surface area contributed by atoms with Crippen molar-refractivity contribution in [3.8, 4) is 5.88 Å². The summed E-state index contributed by atoms with van der Waals surface area (Å²) in [6.07, 6.45) is 5.11. The number of rotatable bonds is 7. The lowest BCUT2D eigenvalue weighted by molar-refractivity contribution is 0.327. The van der Waals surface area contributed by atoms with E-state index in [0.29, 0.717) is 12.5 Å². The number of thioether (sulfide) groups is 1. The molecule has 0 unspecified atom stereocenters. The Balaban J connectivity index is 2.29. The first-order valence-electron chi connectivity index (χ1n) is 5.18. The highest BCUT2D eigenvalue weighted by molar-refractivity contribution is 7.98. The minimum atomic E-state index is 0.660. The van der Waals surface area contributed by atoms with Crippen LogP contribution in [-0.4, -0.2) is 30.1 Å². The second kappa shape index (κ2) is 7.40. The van der Waals surface area contributed by atoms with E-state index in [4.69, 9.17) is 4.74 Å². The number of aromatic nitrogens is 1. The topological polar surface area (TPSA) is 34.1 Å². The second-order valence-corrected chi connectivity index (χ2v) is 4.08. The highest BCUT2D eigenvalue weighted by Gasteiger charge is 1.95. The third-order valence-corrected chi connectivity index (χ3v) is 2.58. The van der Waals surface area contributed by atoms with Gasteiger partial charge in [0.2, 0.25) is 5.88 Å². The van der Waals surface area contributed by atoms with Gasteiger partial charge in [0.15, 0.2) is 0 Å². The van der Waals surface area contributed by atoms with Crippen LogP contribution in [0.2, 0.25) is 0 Å². The van der Waals surface area contributed by atoms with Crippen LogP contribution in [0.1, 0.15) is 13.3 Å². The zero-order chi connectivity index (χ0) is 10.9. The maximum absolute atomic E-state index is 5.26. The fourth-order valence-electron chi connectivity index (χ4n) is 1.17. The molecule has 0 radical (unpaired) electrons. The minimum absolute atomic E-state index is 0.660. The number of hydrogen-bond acceptors (Lipinski definition) is 4. The van der Waals surface area contributed by atoms with Crippen molar-refractivity contribution >= 4 is 17.4 Å². The summed E-state index contributed by atoms with van der Waals surface area (Å²) in [4.78, 5) is 4.18. The summed E-state index contributed by atoms with van der Waals surface area (Å²) in [5.41, 5.74) is 1.06. The van der Waals surface area contributed by atoms with Crippen LogP contribution in [0.3, 0.4) is 0 Å². The third-order valence-electron chi connectivity index (χ3n) is 1.88. The molecule has 1 aromatic rings. The molecule has 1 rings (SSSR count). The molecular formula is C11H18N2OS. The molecule has 0 spiro atoms. The molecule has 15 heavy (non-hydrogen) atoms. The van der Waals surface area contributed by atoms with Crippen molar-refractivity contribution in [2.45, 2.75) is 13.3 Å². The highest BCUT2D eigenvalue weighted by atomic mass is 32.2. The molecule has 0 fully saturated rings. The lowest BCUT2D eigenvalue weighted by Crippen LogP contribution is -2.03. The van der Waals surface area contributed by atoms with Crippen LogP contribution >= 0.6 is 11.8 Å². The van der Waals surface area contributed by atoms with Gasteiger partial charge in [0.1, 0.15) is 0 Å². The van der Waals surface area contributed by atoms with E-state index in [-0.39, 0.29) is 0 Å². The molecule has 0 aliphatic heterocycles. The number of nitrogens with one attached hydrogen (secondary N) is 1. The van der Waals surface area contributed by atoms with Crippen LogP contribution in [-0.2, 0) is 0 Å². The molecule has 0 saturated heterocycles. The average molecular weight is 226 g/mol. The number of pyridine rings is 1. The first kappa shape index (κ1) is 12.2. The molecule has 0 aliphatic rings. The lowest BCUT2D eigenvalue weighted by Gasteiger charge is -2.06. The standard InChI is InChI=1S/C11H18N2OS/c1-3-14-11-6-5-10(9-13-11)12-7-4-8-15-2/h5-6,9,12H,3-4,7-8H2,1-2H3. The Bertz CT molecular complexity index is 264. The Morgan fingerprint density at radius 3 is 2.93 bits per heavy atom. The second-order valence-electron chi connectivity index (χ2n) is 3.09. The Labute approximate surface area is 95.6 Å². The summed E-state index contributed by atoms with van der Waals surface area (Å²) < 4.78 is 5.26. The Hall–Kier alpha value is -0.900. The molecule has 1 N–H and O–H groups in total. The van der Waals surface area contributed by atoms with Crippen molar-refractivity contribution in [1.82, 2.24) is 4.98 Å². The van der Waals surface area contributed by atoms with Gasteiger partial charge in [-0.1, -0.05) is 0 Å². The monoisotopic (exact) mass is 226 g/mol. The lowest BCUT2D eigenvalue weighted by atomic mass is 10.4. The van der Waals surface area contributed by atoms with Crippen LogP contribution in [0.5, 0.6) is 5.88 Å². The van der Waals surface area contributed by atoms with Gasteiger partial charge in [-0.25, -0.2) is 4.98 Å². The first-order chi connectivity index (χ1) is 7.36. The number of anilines is 1. The fourth-order valence-corrected chi connectivity index (χ4v) is 1.60. The van der Waals surface area contributed by atoms with Crippen LogP contribution in [0.25, 0.3) is 0 Å². The molecule has 0 aliphatic carbocycles. The molecule has 0 bridgehead atoms. The van der Waals surface area contributed by atoms with Crippen LogP contribution in [0.4, 0.5) is 5.69 Å². The van der Waals surface area contributed by atoms with Crippen molar-refractivity contribution in [3.05, 3.63) is 18.3 Å². The summed E-state index contributed by atoms with van der Waals surface area (Å²) >= 11 is 1.87. The Kier molecular flexibility index (Phi) is 6.00. The largest absolute Gasteiger partial charge is 0.478 e. The van der Waals surface area contributed by atoms with Gasteiger partial charge in [-0.05, 0) is 31.4 Å². The zero-order valence-corrected chi connectivity index (χ0v) is 10.1.